The van der Waals surface area contributed by atoms with Crippen molar-refractivity contribution in [1.29, 1.82) is 0 Å². The lowest BCUT2D eigenvalue weighted by Crippen LogP contribution is -2.35. The Hall–Kier alpha value is -4.13. The number of carboxylic acid groups (broad SMARTS) is 1. The van der Waals surface area contributed by atoms with Crippen LogP contribution in [0.25, 0.3) is 11.1 Å². The number of hydrogen-bond acceptors (Lipinski definition) is 3. The predicted octanol–water partition coefficient (Wildman–Crippen LogP) is 7.62. The van der Waals surface area contributed by atoms with E-state index in [1.807, 2.05) is 56.3 Å². The zero-order valence-electron chi connectivity index (χ0n) is 23.4. The van der Waals surface area contributed by atoms with Crippen molar-refractivity contribution < 1.29 is 19.5 Å². The highest BCUT2D eigenvalue weighted by atomic mass is 35.5. The largest absolute Gasteiger partial charge is 0.481 e. The maximum atomic E-state index is 14.0. The quantitative estimate of drug-likeness (QED) is 0.185. The molecule has 0 saturated carbocycles. The minimum Gasteiger partial charge on any atom is -0.481 e. The Morgan fingerprint density at radius 1 is 0.833 bits per heavy atom. The summed E-state index contributed by atoms with van der Waals surface area (Å²) in [5, 5.41) is 13.4. The molecule has 0 radical (unpaired) electrons. The number of halogens is 2. The van der Waals surface area contributed by atoms with Gasteiger partial charge in [-0.05, 0) is 66.8 Å². The summed E-state index contributed by atoms with van der Waals surface area (Å²) in [4.78, 5) is 40.4. The van der Waals surface area contributed by atoms with Gasteiger partial charge in [0.1, 0.15) is 0 Å². The van der Waals surface area contributed by atoms with Gasteiger partial charge in [-0.1, -0.05) is 95.5 Å². The normalized spacial score (nSPS) is 11.5. The van der Waals surface area contributed by atoms with E-state index >= 15 is 0 Å². The molecule has 2 N–H and O–H groups in total. The number of carbonyl (C=O) groups is 3. The second kappa shape index (κ2) is 14.2. The summed E-state index contributed by atoms with van der Waals surface area (Å²) in [5.41, 5.74) is 4.91. The number of aryl methyl sites for hydroxylation is 1. The molecule has 0 aliphatic rings. The Morgan fingerprint density at radius 3 is 2.10 bits per heavy atom. The van der Waals surface area contributed by atoms with E-state index in [0.717, 1.165) is 16.7 Å². The van der Waals surface area contributed by atoms with Crippen LogP contribution < -0.4 is 5.32 Å². The average molecular weight is 604 g/mol. The summed E-state index contributed by atoms with van der Waals surface area (Å²) in [6.45, 7) is 4.20. The van der Waals surface area contributed by atoms with Gasteiger partial charge >= 0.3 is 5.97 Å². The van der Waals surface area contributed by atoms with Crippen LogP contribution >= 0.6 is 23.2 Å². The van der Waals surface area contributed by atoms with Gasteiger partial charge in [0.25, 0.3) is 11.8 Å². The molecule has 4 aromatic carbocycles. The molecule has 42 heavy (non-hydrogen) atoms. The SMILES string of the molecule is Cc1ccc([C@@H](C)NC(=O)c2ccccc2-c2ccccc2C(=O)N(CCC(=O)O)CCc2ccc(Cl)cc2Cl)cc1. The maximum absolute atomic E-state index is 14.0. The smallest absolute Gasteiger partial charge is 0.305 e. The van der Waals surface area contributed by atoms with Gasteiger partial charge in [0.15, 0.2) is 0 Å². The first-order chi connectivity index (χ1) is 20.1. The maximum Gasteiger partial charge on any atom is 0.305 e. The van der Waals surface area contributed by atoms with Gasteiger partial charge in [0.05, 0.1) is 12.5 Å². The van der Waals surface area contributed by atoms with Crippen molar-refractivity contribution in [3.8, 4) is 11.1 Å². The summed E-state index contributed by atoms with van der Waals surface area (Å²) in [7, 11) is 0. The van der Waals surface area contributed by atoms with Crippen LogP contribution in [0.5, 0.6) is 0 Å². The van der Waals surface area contributed by atoms with E-state index in [4.69, 9.17) is 23.2 Å². The van der Waals surface area contributed by atoms with E-state index in [0.29, 0.717) is 38.7 Å². The third-order valence-corrected chi connectivity index (χ3v) is 7.68. The third-order valence-electron chi connectivity index (χ3n) is 7.09. The molecule has 0 spiro atoms. The van der Waals surface area contributed by atoms with Crippen molar-refractivity contribution in [2.24, 2.45) is 0 Å². The molecule has 0 aromatic heterocycles. The monoisotopic (exact) mass is 602 g/mol. The van der Waals surface area contributed by atoms with Gasteiger partial charge in [0, 0.05) is 34.3 Å². The minimum atomic E-state index is -1.00. The van der Waals surface area contributed by atoms with Crippen LogP contribution in [0.15, 0.2) is 91.0 Å². The van der Waals surface area contributed by atoms with E-state index in [1.165, 1.54) is 4.90 Å². The molecule has 0 saturated heterocycles. The Morgan fingerprint density at radius 2 is 1.45 bits per heavy atom. The summed E-state index contributed by atoms with van der Waals surface area (Å²) in [5.74, 6) is -1.60. The molecule has 2 amide bonds. The van der Waals surface area contributed by atoms with Crippen molar-refractivity contribution in [3.05, 3.63) is 129 Å². The highest BCUT2D eigenvalue weighted by molar-refractivity contribution is 6.35. The molecule has 0 bridgehead atoms. The van der Waals surface area contributed by atoms with Gasteiger partial charge in [0.2, 0.25) is 0 Å². The van der Waals surface area contributed by atoms with Crippen LogP contribution in [0, 0.1) is 6.92 Å². The Balaban J connectivity index is 1.63. The number of hydrogen-bond donors (Lipinski definition) is 2. The van der Waals surface area contributed by atoms with E-state index in [-0.39, 0.29) is 37.4 Å². The fraction of sp³-hybridized carbons (Fsp3) is 0.206. The molecule has 216 valence electrons. The third kappa shape index (κ3) is 7.78. The molecule has 0 aliphatic carbocycles. The van der Waals surface area contributed by atoms with Gasteiger partial charge in [-0.3, -0.25) is 14.4 Å². The Bertz CT molecular complexity index is 1590. The first-order valence-electron chi connectivity index (χ1n) is 13.6. The van der Waals surface area contributed by atoms with Gasteiger partial charge in [-0.25, -0.2) is 0 Å². The number of nitrogens with zero attached hydrogens (tertiary/aromatic N) is 1. The fourth-order valence-corrected chi connectivity index (χ4v) is 5.23. The summed E-state index contributed by atoms with van der Waals surface area (Å²) in [6, 6.07) is 27.1. The molecule has 0 aliphatic heterocycles. The number of carboxylic acids is 1. The number of nitrogens with one attached hydrogen (secondary N) is 1. The second-order valence-electron chi connectivity index (χ2n) is 10.1. The number of benzene rings is 4. The van der Waals surface area contributed by atoms with E-state index in [2.05, 4.69) is 5.32 Å². The zero-order valence-corrected chi connectivity index (χ0v) is 25.0. The molecule has 4 rings (SSSR count). The molecule has 1 atom stereocenters. The van der Waals surface area contributed by atoms with Crippen LogP contribution in [0.2, 0.25) is 10.0 Å². The number of rotatable bonds is 11. The van der Waals surface area contributed by atoms with Crippen molar-refractivity contribution in [2.45, 2.75) is 32.7 Å². The number of carbonyl (C=O) groups excluding carboxylic acids is 2. The topological polar surface area (TPSA) is 86.7 Å². The molecular weight excluding hydrogens is 571 g/mol. The van der Waals surface area contributed by atoms with Gasteiger partial charge in [-0.15, -0.1) is 0 Å². The first kappa shape index (κ1) is 30.8. The highest BCUT2D eigenvalue weighted by Crippen LogP contribution is 2.29. The Labute approximate surface area is 255 Å². The van der Waals surface area contributed by atoms with Crippen LogP contribution in [0.1, 0.15) is 56.8 Å². The predicted molar refractivity (Wildman–Crippen MR) is 167 cm³/mol. The van der Waals surface area contributed by atoms with Crippen LogP contribution in [0.3, 0.4) is 0 Å². The average Bonchev–Trinajstić information content (AvgIpc) is 2.98. The standard InChI is InChI=1S/C34H32Cl2N2O4/c1-22-11-13-24(14-12-22)23(2)37-33(41)29-9-5-3-7-27(29)28-8-4-6-10-30(28)34(42)38(20-18-32(39)40)19-17-25-15-16-26(35)21-31(25)36/h3-16,21,23H,17-20H2,1-2H3,(H,37,41)(H,39,40)/t23-/m1/s1. The van der Waals surface area contributed by atoms with E-state index in [9.17, 15) is 19.5 Å². The zero-order chi connectivity index (χ0) is 30.2. The fourth-order valence-electron chi connectivity index (χ4n) is 4.73. The lowest BCUT2D eigenvalue weighted by atomic mass is 9.94. The number of aliphatic carboxylic acids is 1. The lowest BCUT2D eigenvalue weighted by Gasteiger charge is -2.24. The summed E-state index contributed by atoms with van der Waals surface area (Å²) >= 11 is 12.4. The molecule has 8 heteroatoms. The minimum absolute atomic E-state index is 0.0178. The van der Waals surface area contributed by atoms with E-state index < -0.39 is 5.97 Å². The molecule has 6 nitrogen and oxygen atoms in total. The van der Waals surface area contributed by atoms with Crippen molar-refractivity contribution >= 4 is 41.0 Å². The summed E-state index contributed by atoms with van der Waals surface area (Å²) in [6.07, 6.45) is 0.206. The Kier molecular flexibility index (Phi) is 10.4. The van der Waals surface area contributed by atoms with Crippen LogP contribution in [-0.4, -0.2) is 40.9 Å². The van der Waals surface area contributed by atoms with Crippen LogP contribution in [0.4, 0.5) is 0 Å². The second-order valence-corrected chi connectivity index (χ2v) is 11.0. The van der Waals surface area contributed by atoms with Crippen LogP contribution in [-0.2, 0) is 11.2 Å². The first-order valence-corrected chi connectivity index (χ1v) is 14.4. The van der Waals surface area contributed by atoms with Crippen molar-refractivity contribution in [1.82, 2.24) is 10.2 Å². The molecular formula is C34H32Cl2N2O4. The van der Waals surface area contributed by atoms with Crippen molar-refractivity contribution in [2.75, 3.05) is 13.1 Å². The molecule has 4 aromatic rings. The van der Waals surface area contributed by atoms with Gasteiger partial charge in [-0.2, -0.15) is 0 Å². The highest BCUT2D eigenvalue weighted by Gasteiger charge is 2.23. The lowest BCUT2D eigenvalue weighted by molar-refractivity contribution is -0.137. The van der Waals surface area contributed by atoms with Gasteiger partial charge < -0.3 is 15.3 Å². The molecule has 0 unspecified atom stereocenters. The van der Waals surface area contributed by atoms with E-state index in [1.54, 1.807) is 48.5 Å². The number of amides is 2. The molecule has 0 fully saturated rings. The van der Waals surface area contributed by atoms with Crippen molar-refractivity contribution in [3.63, 3.8) is 0 Å². The summed E-state index contributed by atoms with van der Waals surface area (Å²) < 4.78 is 0. The molecule has 0 heterocycles.